The van der Waals surface area contributed by atoms with Gasteiger partial charge < -0.3 is 10.2 Å². The van der Waals surface area contributed by atoms with Crippen LogP contribution in [0.3, 0.4) is 0 Å². The molecular formula is C12H12FNOS. The van der Waals surface area contributed by atoms with Gasteiger partial charge in [0.25, 0.3) is 0 Å². The van der Waals surface area contributed by atoms with Crippen molar-refractivity contribution < 1.29 is 8.81 Å². The number of nitrogen functional groups attached to an aromatic ring is 1. The number of rotatable bonds is 4. The van der Waals surface area contributed by atoms with Gasteiger partial charge in [-0.25, -0.2) is 4.39 Å². The summed E-state index contributed by atoms with van der Waals surface area (Å²) in [4.78, 5) is 0. The Hall–Kier alpha value is -1.42. The van der Waals surface area contributed by atoms with Crippen LogP contribution in [0.1, 0.15) is 11.3 Å². The molecule has 16 heavy (non-hydrogen) atoms. The van der Waals surface area contributed by atoms with Crippen molar-refractivity contribution in [1.82, 2.24) is 0 Å². The van der Waals surface area contributed by atoms with Crippen LogP contribution in [0, 0.1) is 5.82 Å². The molecule has 2 nitrogen and oxygen atoms in total. The molecule has 1 aromatic carbocycles. The third kappa shape index (κ3) is 2.79. The minimum Gasteiger partial charge on any atom is -0.468 e. The average molecular weight is 237 g/mol. The number of hydrogen-bond acceptors (Lipinski definition) is 3. The van der Waals surface area contributed by atoms with Gasteiger partial charge in [-0.3, -0.25) is 0 Å². The number of furan rings is 1. The first kappa shape index (κ1) is 11.1. The van der Waals surface area contributed by atoms with Crippen molar-refractivity contribution in [2.24, 2.45) is 0 Å². The highest BCUT2D eigenvalue weighted by atomic mass is 32.2. The Kier molecular flexibility index (Phi) is 3.51. The average Bonchev–Trinajstić information content (AvgIpc) is 2.74. The van der Waals surface area contributed by atoms with Crippen LogP contribution in [0.2, 0.25) is 0 Å². The van der Waals surface area contributed by atoms with E-state index >= 15 is 0 Å². The van der Waals surface area contributed by atoms with Crippen LogP contribution in [-0.4, -0.2) is 0 Å². The maximum Gasteiger partial charge on any atom is 0.125 e. The van der Waals surface area contributed by atoms with E-state index in [1.54, 1.807) is 24.1 Å². The van der Waals surface area contributed by atoms with E-state index in [4.69, 9.17) is 10.2 Å². The Labute approximate surface area is 97.6 Å². The van der Waals surface area contributed by atoms with Gasteiger partial charge in [0.05, 0.1) is 12.0 Å². The molecule has 1 aromatic heterocycles. The molecule has 1 heterocycles. The molecule has 0 spiro atoms. The van der Waals surface area contributed by atoms with E-state index in [-0.39, 0.29) is 5.82 Å². The minimum atomic E-state index is -0.294. The quantitative estimate of drug-likeness (QED) is 0.828. The SMILES string of the molecule is Nc1cc(F)ccc1CSCc1ccco1. The molecular weight excluding hydrogens is 225 g/mol. The van der Waals surface area contributed by atoms with Crippen LogP contribution in [0.15, 0.2) is 41.0 Å². The van der Waals surface area contributed by atoms with Gasteiger partial charge >= 0.3 is 0 Å². The van der Waals surface area contributed by atoms with Crippen molar-refractivity contribution >= 4 is 17.4 Å². The van der Waals surface area contributed by atoms with Crippen LogP contribution in [0.4, 0.5) is 10.1 Å². The third-order valence-corrected chi connectivity index (χ3v) is 3.19. The maximum atomic E-state index is 12.8. The van der Waals surface area contributed by atoms with Gasteiger partial charge in [0.2, 0.25) is 0 Å². The molecule has 0 amide bonds. The highest BCUT2D eigenvalue weighted by molar-refractivity contribution is 7.97. The fourth-order valence-corrected chi connectivity index (χ4v) is 2.30. The number of halogens is 1. The maximum absolute atomic E-state index is 12.8. The Morgan fingerprint density at radius 1 is 1.25 bits per heavy atom. The van der Waals surface area contributed by atoms with Crippen LogP contribution in [-0.2, 0) is 11.5 Å². The van der Waals surface area contributed by atoms with Crippen molar-refractivity contribution in [3.05, 3.63) is 53.7 Å². The summed E-state index contributed by atoms with van der Waals surface area (Å²) in [7, 11) is 0. The number of hydrogen-bond donors (Lipinski definition) is 1. The van der Waals surface area contributed by atoms with Gasteiger partial charge in [-0.15, -0.1) is 11.8 Å². The minimum absolute atomic E-state index is 0.294. The predicted molar refractivity (Wildman–Crippen MR) is 64.5 cm³/mol. The van der Waals surface area contributed by atoms with Gasteiger partial charge in [0.15, 0.2) is 0 Å². The molecule has 0 fully saturated rings. The molecule has 2 aromatic rings. The fraction of sp³-hybridized carbons (Fsp3) is 0.167. The number of anilines is 1. The first-order valence-electron chi connectivity index (χ1n) is 4.90. The lowest BCUT2D eigenvalue weighted by Crippen LogP contribution is -1.93. The van der Waals surface area contributed by atoms with Crippen LogP contribution >= 0.6 is 11.8 Å². The second-order valence-corrected chi connectivity index (χ2v) is 4.40. The molecule has 4 heteroatoms. The van der Waals surface area contributed by atoms with Gasteiger partial charge in [0.1, 0.15) is 11.6 Å². The molecule has 0 aliphatic heterocycles. The Morgan fingerprint density at radius 2 is 2.12 bits per heavy atom. The van der Waals surface area contributed by atoms with Crippen molar-refractivity contribution in [2.45, 2.75) is 11.5 Å². The highest BCUT2D eigenvalue weighted by Gasteiger charge is 2.02. The first-order valence-corrected chi connectivity index (χ1v) is 6.05. The molecule has 0 saturated carbocycles. The summed E-state index contributed by atoms with van der Waals surface area (Å²) in [5.41, 5.74) is 7.17. The van der Waals surface area contributed by atoms with Gasteiger partial charge in [-0.05, 0) is 29.8 Å². The lowest BCUT2D eigenvalue weighted by molar-refractivity contribution is 0.530. The summed E-state index contributed by atoms with van der Waals surface area (Å²) >= 11 is 1.69. The van der Waals surface area contributed by atoms with Crippen molar-refractivity contribution in [3.8, 4) is 0 Å². The monoisotopic (exact) mass is 237 g/mol. The summed E-state index contributed by atoms with van der Waals surface area (Å²) in [6, 6.07) is 8.30. The van der Waals surface area contributed by atoms with Gasteiger partial charge in [-0.1, -0.05) is 6.07 Å². The lowest BCUT2D eigenvalue weighted by atomic mass is 10.2. The van der Waals surface area contributed by atoms with Gasteiger partial charge in [0, 0.05) is 11.4 Å². The Bertz CT molecular complexity index is 456. The Balaban J connectivity index is 1.90. The molecule has 0 radical (unpaired) electrons. The molecule has 0 aliphatic rings. The second kappa shape index (κ2) is 5.07. The second-order valence-electron chi connectivity index (χ2n) is 3.42. The van der Waals surface area contributed by atoms with Crippen LogP contribution in [0.25, 0.3) is 0 Å². The largest absolute Gasteiger partial charge is 0.468 e. The predicted octanol–water partition coefficient (Wildman–Crippen LogP) is 3.43. The summed E-state index contributed by atoms with van der Waals surface area (Å²) in [6.45, 7) is 0. The zero-order chi connectivity index (χ0) is 11.4. The summed E-state index contributed by atoms with van der Waals surface area (Å²) < 4.78 is 18.0. The number of thioether (sulfide) groups is 1. The normalized spacial score (nSPS) is 10.6. The molecule has 0 aliphatic carbocycles. The Morgan fingerprint density at radius 3 is 2.81 bits per heavy atom. The van der Waals surface area contributed by atoms with Crippen molar-refractivity contribution in [2.75, 3.05) is 5.73 Å². The third-order valence-electron chi connectivity index (χ3n) is 2.19. The van der Waals surface area contributed by atoms with Crippen LogP contribution in [0.5, 0.6) is 0 Å². The molecule has 2 N–H and O–H groups in total. The van der Waals surface area contributed by atoms with E-state index < -0.39 is 0 Å². The van der Waals surface area contributed by atoms with Crippen molar-refractivity contribution in [1.29, 1.82) is 0 Å². The smallest absolute Gasteiger partial charge is 0.125 e. The van der Waals surface area contributed by atoms with E-state index in [1.165, 1.54) is 12.1 Å². The molecule has 2 rings (SSSR count). The van der Waals surface area contributed by atoms with E-state index in [0.717, 1.165) is 22.8 Å². The van der Waals surface area contributed by atoms with Crippen molar-refractivity contribution in [3.63, 3.8) is 0 Å². The highest BCUT2D eigenvalue weighted by Crippen LogP contribution is 2.22. The molecule has 0 bridgehead atoms. The number of benzene rings is 1. The van der Waals surface area contributed by atoms with Gasteiger partial charge in [-0.2, -0.15) is 0 Å². The standard InChI is InChI=1S/C12H12FNOS/c13-10-4-3-9(12(14)6-10)7-16-8-11-2-1-5-15-11/h1-6H,7-8,14H2. The van der Waals surface area contributed by atoms with Crippen LogP contribution < -0.4 is 5.73 Å². The van der Waals surface area contributed by atoms with E-state index in [0.29, 0.717) is 5.69 Å². The lowest BCUT2D eigenvalue weighted by Gasteiger charge is -2.04. The summed E-state index contributed by atoms with van der Waals surface area (Å²) in [5, 5.41) is 0. The topological polar surface area (TPSA) is 39.2 Å². The summed E-state index contributed by atoms with van der Waals surface area (Å²) in [6.07, 6.45) is 1.65. The number of nitrogens with two attached hydrogens (primary N) is 1. The first-order chi connectivity index (χ1) is 7.75. The van der Waals surface area contributed by atoms with E-state index in [1.807, 2.05) is 12.1 Å². The zero-order valence-corrected chi connectivity index (χ0v) is 9.47. The molecule has 0 saturated heterocycles. The molecule has 0 atom stereocenters. The van der Waals surface area contributed by atoms with E-state index in [2.05, 4.69) is 0 Å². The van der Waals surface area contributed by atoms with E-state index in [9.17, 15) is 4.39 Å². The fourth-order valence-electron chi connectivity index (χ4n) is 1.35. The molecule has 84 valence electrons. The molecule has 0 unspecified atom stereocenters. The zero-order valence-electron chi connectivity index (χ0n) is 8.65. The summed E-state index contributed by atoms with van der Waals surface area (Å²) in [5.74, 6) is 2.19.